The molecule has 2 N–H and O–H groups in total. The van der Waals surface area contributed by atoms with Gasteiger partial charge in [-0.3, -0.25) is 0 Å². The lowest BCUT2D eigenvalue weighted by Crippen LogP contribution is -2.37. The van der Waals surface area contributed by atoms with E-state index in [2.05, 4.69) is 31.6 Å². The van der Waals surface area contributed by atoms with E-state index >= 15 is 0 Å². The maximum Gasteiger partial charge on any atom is 0.191 e. The summed E-state index contributed by atoms with van der Waals surface area (Å²) in [5.74, 6) is 0.745. The Morgan fingerprint density at radius 3 is 2.50 bits per heavy atom. The molecule has 0 saturated carbocycles. The second-order valence-corrected chi connectivity index (χ2v) is 6.45. The molecular formula is C19H23BrF2IN3O2. The third kappa shape index (κ3) is 6.77. The highest BCUT2D eigenvalue weighted by Crippen LogP contribution is 2.36. The lowest BCUT2D eigenvalue weighted by Gasteiger charge is -2.13. The van der Waals surface area contributed by atoms with Crippen LogP contribution >= 0.6 is 39.9 Å². The molecule has 9 heteroatoms. The predicted molar refractivity (Wildman–Crippen MR) is 121 cm³/mol. The topological polar surface area (TPSA) is 54.9 Å². The van der Waals surface area contributed by atoms with Crippen molar-refractivity contribution in [1.82, 2.24) is 10.6 Å². The molecule has 2 aromatic rings. The molecule has 0 radical (unpaired) electrons. The van der Waals surface area contributed by atoms with Crippen molar-refractivity contribution in [3.63, 3.8) is 0 Å². The van der Waals surface area contributed by atoms with Crippen LogP contribution < -0.4 is 20.1 Å². The zero-order valence-electron chi connectivity index (χ0n) is 15.8. The Labute approximate surface area is 189 Å². The summed E-state index contributed by atoms with van der Waals surface area (Å²) in [5.41, 5.74) is 1.13. The predicted octanol–water partition coefficient (Wildman–Crippen LogP) is 4.62. The Bertz CT molecular complexity index is 822. The molecule has 154 valence electrons. The summed E-state index contributed by atoms with van der Waals surface area (Å²) in [6.07, 6.45) is 0. The minimum atomic E-state index is -0.481. The molecular weight excluding hydrogens is 547 g/mol. The molecule has 0 bridgehead atoms. The second-order valence-electron chi connectivity index (χ2n) is 5.60. The number of nitrogens with zero attached hydrogens (tertiary/aromatic N) is 1. The Hall–Kier alpha value is -1.62. The van der Waals surface area contributed by atoms with Crippen LogP contribution in [0, 0.1) is 11.6 Å². The first-order valence-corrected chi connectivity index (χ1v) is 9.14. The summed E-state index contributed by atoms with van der Waals surface area (Å²) in [7, 11) is 3.13. The van der Waals surface area contributed by atoms with Crippen molar-refractivity contribution in [3.8, 4) is 11.5 Å². The van der Waals surface area contributed by atoms with Gasteiger partial charge >= 0.3 is 0 Å². The van der Waals surface area contributed by atoms with Crippen molar-refractivity contribution < 1.29 is 18.3 Å². The van der Waals surface area contributed by atoms with Gasteiger partial charge in [-0.1, -0.05) is 0 Å². The molecule has 2 rings (SSSR count). The largest absolute Gasteiger partial charge is 0.493 e. The van der Waals surface area contributed by atoms with Crippen LogP contribution in [0.1, 0.15) is 18.1 Å². The average molecular weight is 570 g/mol. The fourth-order valence-corrected chi connectivity index (χ4v) is 3.08. The summed E-state index contributed by atoms with van der Waals surface area (Å²) >= 11 is 3.45. The smallest absolute Gasteiger partial charge is 0.191 e. The molecule has 0 saturated heterocycles. The van der Waals surface area contributed by atoms with Crippen LogP contribution in [0.5, 0.6) is 11.5 Å². The summed E-state index contributed by atoms with van der Waals surface area (Å²) in [5, 5.41) is 6.08. The van der Waals surface area contributed by atoms with Gasteiger partial charge < -0.3 is 20.1 Å². The Balaban J connectivity index is 0.00000392. The van der Waals surface area contributed by atoms with Gasteiger partial charge in [-0.25, -0.2) is 13.8 Å². The summed E-state index contributed by atoms with van der Waals surface area (Å²) in [6.45, 7) is 3.03. The fraction of sp³-hybridized carbons (Fsp3) is 0.316. The minimum Gasteiger partial charge on any atom is -0.493 e. The van der Waals surface area contributed by atoms with Crippen LogP contribution in [0.3, 0.4) is 0 Å². The number of halogens is 4. The van der Waals surface area contributed by atoms with Gasteiger partial charge in [0.25, 0.3) is 0 Å². The highest BCUT2D eigenvalue weighted by atomic mass is 127. The van der Waals surface area contributed by atoms with E-state index in [9.17, 15) is 8.78 Å². The number of hydrogen-bond acceptors (Lipinski definition) is 3. The Morgan fingerprint density at radius 1 is 1.11 bits per heavy atom. The SMILES string of the molecule is CCNC(=NCc1cc(Br)c(OC)c(OC)c1)NCc1cc(F)ccc1F.I. The average Bonchev–Trinajstić information content (AvgIpc) is 2.65. The zero-order valence-corrected chi connectivity index (χ0v) is 19.7. The first-order valence-electron chi connectivity index (χ1n) is 8.35. The molecule has 0 atom stereocenters. The summed E-state index contributed by atoms with van der Waals surface area (Å²) in [4.78, 5) is 4.48. The zero-order chi connectivity index (χ0) is 19.8. The summed E-state index contributed by atoms with van der Waals surface area (Å²) in [6, 6.07) is 7.09. The molecule has 0 unspecified atom stereocenters. The van der Waals surface area contributed by atoms with E-state index in [0.29, 0.717) is 30.5 Å². The number of methoxy groups -OCH3 is 2. The lowest BCUT2D eigenvalue weighted by molar-refractivity contribution is 0.352. The molecule has 28 heavy (non-hydrogen) atoms. The van der Waals surface area contributed by atoms with Crippen molar-refractivity contribution >= 4 is 45.9 Å². The van der Waals surface area contributed by atoms with Crippen molar-refractivity contribution in [1.29, 1.82) is 0 Å². The van der Waals surface area contributed by atoms with E-state index in [0.717, 1.165) is 28.2 Å². The monoisotopic (exact) mass is 569 g/mol. The molecule has 5 nitrogen and oxygen atoms in total. The van der Waals surface area contributed by atoms with Crippen LogP contribution in [-0.2, 0) is 13.1 Å². The molecule has 0 aliphatic carbocycles. The van der Waals surface area contributed by atoms with Crippen molar-refractivity contribution in [3.05, 3.63) is 57.6 Å². The second kappa shape index (κ2) is 12.1. The quantitative estimate of drug-likeness (QED) is 0.290. The highest BCUT2D eigenvalue weighted by Gasteiger charge is 2.11. The lowest BCUT2D eigenvalue weighted by atomic mass is 10.2. The maximum absolute atomic E-state index is 13.8. The van der Waals surface area contributed by atoms with Gasteiger partial charge in [0.05, 0.1) is 25.2 Å². The van der Waals surface area contributed by atoms with Crippen molar-refractivity contribution in [2.75, 3.05) is 20.8 Å². The molecule has 0 heterocycles. The van der Waals surface area contributed by atoms with Gasteiger partial charge in [-0.05, 0) is 58.7 Å². The van der Waals surface area contributed by atoms with Crippen LogP contribution in [0.25, 0.3) is 0 Å². The normalized spacial score (nSPS) is 10.9. The van der Waals surface area contributed by atoms with Crippen molar-refractivity contribution in [2.45, 2.75) is 20.0 Å². The van der Waals surface area contributed by atoms with Gasteiger partial charge in [0, 0.05) is 18.7 Å². The molecule has 0 aromatic heterocycles. The fourth-order valence-electron chi connectivity index (χ4n) is 2.43. The van der Waals surface area contributed by atoms with E-state index in [1.807, 2.05) is 19.1 Å². The van der Waals surface area contributed by atoms with Crippen LogP contribution in [0.4, 0.5) is 8.78 Å². The molecule has 0 amide bonds. The molecule has 0 aliphatic heterocycles. The Kier molecular flexibility index (Phi) is 10.5. The first-order chi connectivity index (χ1) is 13.0. The van der Waals surface area contributed by atoms with Gasteiger partial charge in [-0.2, -0.15) is 0 Å². The third-order valence-corrected chi connectivity index (χ3v) is 4.30. The maximum atomic E-state index is 13.8. The molecule has 0 fully saturated rings. The molecule has 2 aromatic carbocycles. The van der Waals surface area contributed by atoms with Gasteiger partial charge in [0.15, 0.2) is 17.5 Å². The first kappa shape index (κ1) is 24.4. The number of nitrogens with one attached hydrogen (secondary N) is 2. The van der Waals surface area contributed by atoms with Gasteiger partial charge in [0.2, 0.25) is 0 Å². The van der Waals surface area contributed by atoms with E-state index < -0.39 is 11.6 Å². The van der Waals surface area contributed by atoms with Crippen LogP contribution in [0.2, 0.25) is 0 Å². The van der Waals surface area contributed by atoms with E-state index in [1.165, 1.54) is 0 Å². The van der Waals surface area contributed by atoms with Crippen LogP contribution in [0.15, 0.2) is 39.8 Å². The van der Waals surface area contributed by atoms with E-state index in [1.54, 1.807) is 14.2 Å². The van der Waals surface area contributed by atoms with E-state index in [4.69, 9.17) is 9.47 Å². The molecule has 0 spiro atoms. The van der Waals surface area contributed by atoms with E-state index in [-0.39, 0.29) is 36.1 Å². The van der Waals surface area contributed by atoms with Gasteiger partial charge in [-0.15, -0.1) is 24.0 Å². The number of ether oxygens (including phenoxy) is 2. The highest BCUT2D eigenvalue weighted by molar-refractivity contribution is 14.0. The molecule has 0 aliphatic rings. The van der Waals surface area contributed by atoms with Gasteiger partial charge in [0.1, 0.15) is 11.6 Å². The number of aliphatic imine (C=N–C) groups is 1. The summed E-state index contributed by atoms with van der Waals surface area (Å²) < 4.78 is 38.4. The third-order valence-electron chi connectivity index (χ3n) is 3.71. The number of rotatable bonds is 7. The Morgan fingerprint density at radius 2 is 1.86 bits per heavy atom. The minimum absolute atomic E-state index is 0. The number of guanidine groups is 1. The van der Waals surface area contributed by atoms with Crippen molar-refractivity contribution in [2.24, 2.45) is 4.99 Å². The number of benzene rings is 2. The number of hydrogen-bond donors (Lipinski definition) is 2. The van der Waals surface area contributed by atoms with Crippen LogP contribution in [-0.4, -0.2) is 26.7 Å². The standard InChI is InChI=1S/C19H22BrF2N3O2.HI/c1-4-23-19(25-11-13-9-14(21)5-6-16(13)22)24-10-12-7-15(20)18(27-3)17(8-12)26-2;/h5-9H,4,10-11H2,1-3H3,(H2,23,24,25);1H.